The van der Waals surface area contributed by atoms with Gasteiger partial charge < -0.3 is 9.64 Å². The van der Waals surface area contributed by atoms with E-state index in [2.05, 4.69) is 25.9 Å². The third-order valence-corrected chi connectivity index (χ3v) is 3.60. The largest absolute Gasteiger partial charge is 0.474 e. The molecule has 0 aromatic carbocycles. The van der Waals surface area contributed by atoms with Gasteiger partial charge in [0.25, 0.3) is 0 Å². The molecule has 0 aliphatic carbocycles. The lowest BCUT2D eigenvalue weighted by atomic mass is 10.1. The van der Waals surface area contributed by atoms with E-state index >= 15 is 0 Å². The normalized spacial score (nSPS) is 16.3. The number of anilines is 2. The van der Waals surface area contributed by atoms with E-state index in [4.69, 9.17) is 4.74 Å². The number of hydrogen-bond acceptors (Lipinski definition) is 5. The second-order valence-electron chi connectivity index (χ2n) is 4.84. The van der Waals surface area contributed by atoms with Crippen molar-refractivity contribution in [2.75, 3.05) is 24.6 Å². The standard InChI is InChI=1S/C15H14N4O/c1-2-14-15(17-4-1)20-7-6-19(14)12-8-11-9-16-5-3-13(11)18-10-12/h1-2,4,8-10H,3,5-7H2. The topological polar surface area (TPSA) is 50.6 Å². The van der Waals surface area contributed by atoms with E-state index < -0.39 is 0 Å². The Bertz CT molecular complexity index is 683. The molecule has 5 nitrogen and oxygen atoms in total. The average Bonchev–Trinajstić information content (AvgIpc) is 2.54. The Balaban J connectivity index is 1.78. The Morgan fingerprint density at radius 2 is 2.25 bits per heavy atom. The lowest BCUT2D eigenvalue weighted by Crippen LogP contribution is -2.29. The van der Waals surface area contributed by atoms with Crippen LogP contribution in [0.4, 0.5) is 11.4 Å². The van der Waals surface area contributed by atoms with Crippen molar-refractivity contribution >= 4 is 17.6 Å². The molecular formula is C15H14N4O. The monoisotopic (exact) mass is 266 g/mol. The van der Waals surface area contributed by atoms with Gasteiger partial charge in [0.15, 0.2) is 0 Å². The van der Waals surface area contributed by atoms with E-state index in [1.54, 1.807) is 6.20 Å². The first-order valence-electron chi connectivity index (χ1n) is 6.76. The minimum absolute atomic E-state index is 0.634. The maximum Gasteiger partial charge on any atom is 0.237 e. The number of nitrogens with zero attached hydrogens (tertiary/aromatic N) is 4. The molecule has 0 atom stereocenters. The van der Waals surface area contributed by atoms with E-state index in [-0.39, 0.29) is 0 Å². The Labute approximate surface area is 117 Å². The number of fused-ring (bicyclic) bond motifs is 2. The van der Waals surface area contributed by atoms with Gasteiger partial charge in [0.2, 0.25) is 5.88 Å². The van der Waals surface area contributed by atoms with Crippen LogP contribution in [-0.4, -0.2) is 35.9 Å². The quantitative estimate of drug-likeness (QED) is 0.792. The second kappa shape index (κ2) is 4.59. The number of aliphatic imine (C=N–C) groups is 1. The molecule has 0 saturated carbocycles. The van der Waals surface area contributed by atoms with Gasteiger partial charge in [-0.15, -0.1) is 0 Å². The minimum atomic E-state index is 0.634. The fourth-order valence-corrected chi connectivity index (χ4v) is 2.62. The number of hydrogen-bond donors (Lipinski definition) is 0. The van der Waals surface area contributed by atoms with Crippen LogP contribution >= 0.6 is 0 Å². The van der Waals surface area contributed by atoms with E-state index in [0.717, 1.165) is 42.1 Å². The number of pyridine rings is 2. The number of ether oxygens (including phenoxy) is 1. The van der Waals surface area contributed by atoms with E-state index in [1.807, 2.05) is 24.5 Å². The predicted octanol–water partition coefficient (Wildman–Crippen LogP) is 1.98. The zero-order valence-corrected chi connectivity index (χ0v) is 11.0. The van der Waals surface area contributed by atoms with Crippen LogP contribution in [0.25, 0.3) is 0 Å². The summed E-state index contributed by atoms with van der Waals surface area (Å²) in [5.41, 5.74) is 4.30. The molecule has 0 bridgehead atoms. The number of aromatic nitrogens is 2. The molecule has 5 heteroatoms. The molecule has 0 fully saturated rings. The van der Waals surface area contributed by atoms with Crippen LogP contribution in [0.2, 0.25) is 0 Å². The van der Waals surface area contributed by atoms with E-state index in [9.17, 15) is 0 Å². The first-order chi connectivity index (χ1) is 9.92. The first kappa shape index (κ1) is 11.4. The lowest BCUT2D eigenvalue weighted by Gasteiger charge is -2.30. The summed E-state index contributed by atoms with van der Waals surface area (Å²) in [6, 6.07) is 6.09. The molecule has 0 saturated heterocycles. The predicted molar refractivity (Wildman–Crippen MR) is 77.1 cm³/mol. The summed E-state index contributed by atoms with van der Waals surface area (Å²) in [6.45, 7) is 2.27. The average molecular weight is 266 g/mol. The van der Waals surface area contributed by atoms with Gasteiger partial charge in [-0.3, -0.25) is 9.98 Å². The van der Waals surface area contributed by atoms with Crippen molar-refractivity contribution in [1.29, 1.82) is 0 Å². The molecule has 0 unspecified atom stereocenters. The molecule has 0 amide bonds. The third-order valence-electron chi connectivity index (χ3n) is 3.60. The highest BCUT2D eigenvalue weighted by molar-refractivity contribution is 5.84. The summed E-state index contributed by atoms with van der Waals surface area (Å²) in [7, 11) is 0. The van der Waals surface area contributed by atoms with Crippen molar-refractivity contribution in [3.05, 3.63) is 41.9 Å². The molecule has 4 rings (SSSR count). The molecular weight excluding hydrogens is 252 g/mol. The van der Waals surface area contributed by atoms with Crippen LogP contribution in [0, 0.1) is 0 Å². The maximum absolute atomic E-state index is 5.59. The Morgan fingerprint density at radius 3 is 3.25 bits per heavy atom. The molecule has 0 N–H and O–H groups in total. The van der Waals surface area contributed by atoms with Crippen LogP contribution in [-0.2, 0) is 6.42 Å². The van der Waals surface area contributed by atoms with Gasteiger partial charge >= 0.3 is 0 Å². The Kier molecular flexibility index (Phi) is 2.62. The summed E-state index contributed by atoms with van der Waals surface area (Å²) in [5.74, 6) is 0.685. The molecule has 2 aromatic rings. The van der Waals surface area contributed by atoms with E-state index in [1.165, 1.54) is 0 Å². The van der Waals surface area contributed by atoms with Crippen LogP contribution in [0.5, 0.6) is 5.88 Å². The highest BCUT2D eigenvalue weighted by Crippen LogP contribution is 2.34. The third kappa shape index (κ3) is 1.82. The second-order valence-corrected chi connectivity index (χ2v) is 4.84. The van der Waals surface area contributed by atoms with Gasteiger partial charge in [-0.2, -0.15) is 0 Å². The smallest absolute Gasteiger partial charge is 0.237 e. The molecule has 4 heterocycles. The van der Waals surface area contributed by atoms with Crippen LogP contribution in [0.15, 0.2) is 35.6 Å². The fraction of sp³-hybridized carbons (Fsp3) is 0.267. The van der Waals surface area contributed by atoms with Crippen LogP contribution in [0.3, 0.4) is 0 Å². The Morgan fingerprint density at radius 1 is 1.25 bits per heavy atom. The molecule has 100 valence electrons. The maximum atomic E-state index is 5.59. The van der Waals surface area contributed by atoms with Crippen molar-refractivity contribution in [2.45, 2.75) is 6.42 Å². The zero-order valence-electron chi connectivity index (χ0n) is 11.0. The summed E-state index contributed by atoms with van der Waals surface area (Å²) in [4.78, 5) is 15.4. The van der Waals surface area contributed by atoms with Crippen LogP contribution in [0.1, 0.15) is 11.3 Å². The molecule has 20 heavy (non-hydrogen) atoms. The lowest BCUT2D eigenvalue weighted by molar-refractivity contribution is 0.301. The van der Waals surface area contributed by atoms with Gasteiger partial charge in [-0.1, -0.05) is 0 Å². The molecule has 2 aliphatic heterocycles. The highest BCUT2D eigenvalue weighted by Gasteiger charge is 2.21. The molecule has 0 spiro atoms. The van der Waals surface area contributed by atoms with Crippen molar-refractivity contribution in [2.24, 2.45) is 4.99 Å². The molecule has 0 radical (unpaired) electrons. The minimum Gasteiger partial charge on any atom is -0.474 e. The van der Waals surface area contributed by atoms with E-state index in [0.29, 0.717) is 12.5 Å². The van der Waals surface area contributed by atoms with Gasteiger partial charge in [0.1, 0.15) is 12.3 Å². The molecule has 2 aliphatic rings. The highest BCUT2D eigenvalue weighted by atomic mass is 16.5. The zero-order chi connectivity index (χ0) is 13.4. The van der Waals surface area contributed by atoms with Crippen molar-refractivity contribution in [3.8, 4) is 5.88 Å². The summed E-state index contributed by atoms with van der Waals surface area (Å²) in [6.07, 6.45) is 6.52. The van der Waals surface area contributed by atoms with Gasteiger partial charge in [0, 0.05) is 30.9 Å². The Hall–Kier alpha value is -2.43. The molecule has 2 aromatic heterocycles. The van der Waals surface area contributed by atoms with Gasteiger partial charge in [-0.25, -0.2) is 4.98 Å². The van der Waals surface area contributed by atoms with Crippen molar-refractivity contribution < 1.29 is 4.74 Å². The van der Waals surface area contributed by atoms with Crippen molar-refractivity contribution in [1.82, 2.24) is 9.97 Å². The first-order valence-corrected chi connectivity index (χ1v) is 6.76. The summed E-state index contributed by atoms with van der Waals surface area (Å²) < 4.78 is 5.59. The summed E-state index contributed by atoms with van der Waals surface area (Å²) in [5, 5.41) is 0. The van der Waals surface area contributed by atoms with Crippen molar-refractivity contribution in [3.63, 3.8) is 0 Å². The summed E-state index contributed by atoms with van der Waals surface area (Å²) >= 11 is 0. The van der Waals surface area contributed by atoms with Gasteiger partial charge in [0.05, 0.1) is 24.1 Å². The number of rotatable bonds is 1. The van der Waals surface area contributed by atoms with Gasteiger partial charge in [-0.05, 0) is 18.2 Å². The van der Waals surface area contributed by atoms with Crippen LogP contribution < -0.4 is 9.64 Å². The fourth-order valence-electron chi connectivity index (χ4n) is 2.62. The SMILES string of the molecule is C1=NCCc2ncc(N3CCOc4ncccc43)cc21.